The lowest BCUT2D eigenvalue weighted by atomic mass is 10.1. The van der Waals surface area contributed by atoms with Gasteiger partial charge in [0.25, 0.3) is 5.91 Å². The van der Waals surface area contributed by atoms with Gasteiger partial charge in [0.2, 0.25) is 0 Å². The van der Waals surface area contributed by atoms with Crippen LogP contribution in [0, 0.1) is 0 Å². The first kappa shape index (κ1) is 11.7. The predicted octanol–water partition coefficient (Wildman–Crippen LogP) is 1.03. The normalized spacial score (nSPS) is 18.7. The van der Waals surface area contributed by atoms with Crippen molar-refractivity contribution in [3.05, 3.63) is 35.6 Å². The van der Waals surface area contributed by atoms with Crippen molar-refractivity contribution in [1.29, 1.82) is 0 Å². The molecule has 6 nitrogen and oxygen atoms in total. The van der Waals surface area contributed by atoms with Crippen molar-refractivity contribution < 1.29 is 14.0 Å². The highest BCUT2D eigenvalue weighted by molar-refractivity contribution is 6.04. The van der Waals surface area contributed by atoms with Crippen LogP contribution in [-0.2, 0) is 11.3 Å². The van der Waals surface area contributed by atoms with E-state index in [0.29, 0.717) is 11.3 Å². The quantitative estimate of drug-likeness (QED) is 0.719. The molecular weight excluding hydrogens is 246 g/mol. The lowest BCUT2D eigenvalue weighted by Crippen LogP contribution is -2.22. The largest absolute Gasteiger partial charge is 0.458 e. The van der Waals surface area contributed by atoms with Gasteiger partial charge < -0.3 is 15.1 Å². The van der Waals surface area contributed by atoms with E-state index in [4.69, 9.17) is 4.42 Å². The lowest BCUT2D eigenvalue weighted by molar-refractivity contribution is -0.120. The minimum Gasteiger partial charge on any atom is -0.458 e. The Morgan fingerprint density at radius 1 is 1.32 bits per heavy atom. The molecule has 0 aliphatic carbocycles. The number of hydrogen-bond donors (Lipinski definition) is 3. The van der Waals surface area contributed by atoms with Crippen molar-refractivity contribution >= 4 is 22.9 Å². The highest BCUT2D eigenvalue weighted by Crippen LogP contribution is 2.26. The molecule has 1 saturated heterocycles. The summed E-state index contributed by atoms with van der Waals surface area (Å²) in [5, 5.41) is 8.68. The fourth-order valence-corrected chi connectivity index (χ4v) is 2.19. The van der Waals surface area contributed by atoms with Gasteiger partial charge in [-0.3, -0.25) is 10.1 Å². The van der Waals surface area contributed by atoms with Gasteiger partial charge in [0.1, 0.15) is 11.3 Å². The zero-order valence-electron chi connectivity index (χ0n) is 10.3. The van der Waals surface area contributed by atoms with Crippen LogP contribution in [0.15, 0.2) is 28.7 Å². The van der Waals surface area contributed by atoms with Crippen molar-refractivity contribution in [1.82, 2.24) is 16.0 Å². The van der Waals surface area contributed by atoms with Crippen LogP contribution in [-0.4, -0.2) is 19.0 Å². The van der Waals surface area contributed by atoms with Gasteiger partial charge in [0, 0.05) is 11.9 Å². The smallest absolute Gasteiger partial charge is 0.322 e. The molecule has 6 heteroatoms. The minimum atomic E-state index is -0.743. The molecule has 3 N–H and O–H groups in total. The van der Waals surface area contributed by atoms with Crippen LogP contribution < -0.4 is 16.0 Å². The maximum atomic E-state index is 11.6. The molecule has 1 fully saturated rings. The molecule has 1 atom stereocenters. The number of carbonyl (C=O) groups excluding carboxylic acids is 2. The third kappa shape index (κ3) is 2.06. The number of rotatable bonds is 3. The Bertz CT molecular complexity index is 662. The van der Waals surface area contributed by atoms with E-state index in [-0.39, 0.29) is 5.91 Å². The highest BCUT2D eigenvalue weighted by Gasteiger charge is 2.33. The maximum Gasteiger partial charge on any atom is 0.322 e. The van der Waals surface area contributed by atoms with Gasteiger partial charge in [-0.2, -0.15) is 0 Å². The summed E-state index contributed by atoms with van der Waals surface area (Å²) in [7, 11) is 1.88. The van der Waals surface area contributed by atoms with Gasteiger partial charge in [-0.1, -0.05) is 6.07 Å². The number of fused-ring (bicyclic) bond motifs is 1. The fourth-order valence-electron chi connectivity index (χ4n) is 2.19. The van der Waals surface area contributed by atoms with Crippen molar-refractivity contribution in [2.24, 2.45) is 0 Å². The molecule has 2 aromatic rings. The molecule has 1 aromatic carbocycles. The Balaban J connectivity index is 1.97. The van der Waals surface area contributed by atoms with Crippen molar-refractivity contribution in [3.8, 4) is 0 Å². The van der Waals surface area contributed by atoms with Crippen LogP contribution >= 0.6 is 0 Å². The van der Waals surface area contributed by atoms with E-state index in [2.05, 4.69) is 16.0 Å². The molecule has 0 bridgehead atoms. The van der Waals surface area contributed by atoms with Gasteiger partial charge in [0.15, 0.2) is 6.04 Å². The number of carbonyl (C=O) groups is 2. The van der Waals surface area contributed by atoms with E-state index < -0.39 is 12.1 Å². The maximum absolute atomic E-state index is 11.6. The van der Waals surface area contributed by atoms with Gasteiger partial charge in [-0.25, -0.2) is 4.79 Å². The number of benzene rings is 1. The van der Waals surface area contributed by atoms with Crippen molar-refractivity contribution in [2.75, 3.05) is 7.05 Å². The first-order valence-corrected chi connectivity index (χ1v) is 5.96. The van der Waals surface area contributed by atoms with E-state index in [9.17, 15) is 9.59 Å². The Morgan fingerprint density at radius 3 is 2.84 bits per heavy atom. The van der Waals surface area contributed by atoms with E-state index >= 15 is 0 Å². The number of nitrogens with one attached hydrogen (secondary N) is 3. The summed E-state index contributed by atoms with van der Waals surface area (Å²) in [5.41, 5.74) is 1.83. The second-order valence-corrected chi connectivity index (χ2v) is 4.45. The third-order valence-electron chi connectivity index (χ3n) is 3.04. The van der Waals surface area contributed by atoms with Gasteiger partial charge >= 0.3 is 6.03 Å². The van der Waals surface area contributed by atoms with Crippen LogP contribution in [0.2, 0.25) is 0 Å². The predicted molar refractivity (Wildman–Crippen MR) is 68.4 cm³/mol. The van der Waals surface area contributed by atoms with Crippen LogP contribution in [0.4, 0.5) is 4.79 Å². The molecule has 19 heavy (non-hydrogen) atoms. The first-order chi connectivity index (χ1) is 9.17. The molecular formula is C13H13N3O3. The topological polar surface area (TPSA) is 83.4 Å². The van der Waals surface area contributed by atoms with E-state index in [0.717, 1.165) is 17.5 Å². The summed E-state index contributed by atoms with van der Waals surface area (Å²) in [6.45, 7) is 0.761. The van der Waals surface area contributed by atoms with Gasteiger partial charge in [-0.15, -0.1) is 0 Å². The molecule has 1 aliphatic heterocycles. The second kappa shape index (κ2) is 4.40. The standard InChI is InChI=1S/C13H13N3O3/c1-14-6-7-2-3-9-8(4-7)5-10(19-9)11-12(17)16-13(18)15-11/h2-5,11,14H,6H2,1H3,(H2,15,16,17,18)/t11-/m0/s1. The number of hydrogen-bond acceptors (Lipinski definition) is 4. The highest BCUT2D eigenvalue weighted by atomic mass is 16.3. The molecule has 0 radical (unpaired) electrons. The number of urea groups is 1. The van der Waals surface area contributed by atoms with Crippen molar-refractivity contribution in [3.63, 3.8) is 0 Å². The van der Waals surface area contributed by atoms with Gasteiger partial charge in [-0.05, 0) is 30.8 Å². The summed E-state index contributed by atoms with van der Waals surface area (Å²) in [4.78, 5) is 22.7. The molecule has 1 aliphatic rings. The van der Waals surface area contributed by atoms with E-state index in [1.807, 2.05) is 25.2 Å². The molecule has 98 valence electrons. The average molecular weight is 259 g/mol. The average Bonchev–Trinajstić information content (AvgIpc) is 2.92. The summed E-state index contributed by atoms with van der Waals surface area (Å²) in [6, 6.07) is 6.36. The fraction of sp³-hybridized carbons (Fsp3) is 0.231. The molecule has 3 rings (SSSR count). The number of imide groups is 1. The third-order valence-corrected chi connectivity index (χ3v) is 3.04. The number of furan rings is 1. The summed E-state index contributed by atoms with van der Waals surface area (Å²) in [6.07, 6.45) is 0. The zero-order chi connectivity index (χ0) is 13.4. The SMILES string of the molecule is CNCc1ccc2oc([C@@H]3NC(=O)NC3=O)cc2c1. The summed E-state index contributed by atoms with van der Waals surface area (Å²) < 4.78 is 5.61. The van der Waals surface area contributed by atoms with E-state index in [1.165, 1.54) is 0 Å². The molecule has 2 heterocycles. The van der Waals surface area contributed by atoms with Gasteiger partial charge in [0.05, 0.1) is 0 Å². The Labute approximate surface area is 109 Å². The van der Waals surface area contributed by atoms with E-state index in [1.54, 1.807) is 6.07 Å². The Kier molecular flexibility index (Phi) is 2.72. The molecule has 0 unspecified atom stereocenters. The van der Waals surface area contributed by atoms with Crippen LogP contribution in [0.25, 0.3) is 11.0 Å². The minimum absolute atomic E-state index is 0.389. The molecule has 1 aromatic heterocycles. The second-order valence-electron chi connectivity index (χ2n) is 4.45. The first-order valence-electron chi connectivity index (χ1n) is 5.96. The summed E-state index contributed by atoms with van der Waals surface area (Å²) in [5.74, 6) is 0.0551. The zero-order valence-corrected chi connectivity index (χ0v) is 10.3. The number of amides is 3. The van der Waals surface area contributed by atoms with Crippen LogP contribution in [0.5, 0.6) is 0 Å². The molecule has 3 amide bonds. The summed E-state index contributed by atoms with van der Waals surface area (Å²) >= 11 is 0. The Hall–Kier alpha value is -2.34. The molecule has 0 spiro atoms. The van der Waals surface area contributed by atoms with Crippen LogP contribution in [0.1, 0.15) is 17.4 Å². The monoisotopic (exact) mass is 259 g/mol. The van der Waals surface area contributed by atoms with Crippen LogP contribution in [0.3, 0.4) is 0 Å². The Morgan fingerprint density at radius 2 is 2.16 bits per heavy atom. The molecule has 0 saturated carbocycles. The van der Waals surface area contributed by atoms with Crippen molar-refractivity contribution in [2.45, 2.75) is 12.6 Å². The lowest BCUT2D eigenvalue weighted by Gasteiger charge is -2.00.